The summed E-state index contributed by atoms with van der Waals surface area (Å²) in [4.78, 5) is 21.9. The molecule has 3 aromatic rings. The van der Waals surface area contributed by atoms with Crippen LogP contribution < -0.4 is 10.9 Å². The van der Waals surface area contributed by atoms with Gasteiger partial charge in [-0.3, -0.25) is 14.9 Å². The monoisotopic (exact) mass is 387 g/mol. The number of nitro benzene ring substituents is 1. The molecule has 10 nitrogen and oxygen atoms in total. The minimum absolute atomic E-state index is 0.0656. The highest BCUT2D eigenvalue weighted by molar-refractivity contribution is 7.89. The highest BCUT2D eigenvalue weighted by Gasteiger charge is 2.18. The number of nitrogens with two attached hydrogens (primary N) is 2. The van der Waals surface area contributed by atoms with Crippen LogP contribution in [0.5, 0.6) is 0 Å². The number of nitrogens with zero attached hydrogens (tertiary/aromatic N) is 3. The molecule has 0 fully saturated rings. The van der Waals surface area contributed by atoms with Crippen LogP contribution in [0.15, 0.2) is 59.6 Å². The topological polar surface area (TPSA) is 164 Å². The second-order valence-corrected chi connectivity index (χ2v) is 7.10. The summed E-state index contributed by atoms with van der Waals surface area (Å²) >= 11 is 0. The van der Waals surface area contributed by atoms with Crippen LogP contribution in [0.25, 0.3) is 16.9 Å². The number of sulfonamides is 1. The number of nitro groups is 1. The Morgan fingerprint density at radius 2 is 1.67 bits per heavy atom. The Hall–Kier alpha value is -3.57. The van der Waals surface area contributed by atoms with Gasteiger partial charge in [-0.15, -0.1) is 0 Å². The van der Waals surface area contributed by atoms with E-state index in [-0.39, 0.29) is 21.8 Å². The average molecular weight is 387 g/mol. The SMILES string of the molecule is NC(=O)c1cn(-c2ccc(S(N)(=O)=O)cc2)nc1-c1ccc([N+](=O)[O-])cc1. The van der Waals surface area contributed by atoms with Gasteiger partial charge >= 0.3 is 0 Å². The van der Waals surface area contributed by atoms with E-state index in [9.17, 15) is 23.3 Å². The standard InChI is InChI=1S/C16H13N5O5S/c17-16(22)14-9-20(11-5-7-13(8-6-11)27(18,25)26)19-15(14)10-1-3-12(4-2-10)21(23)24/h1-9H,(H2,17,22)(H2,18,25,26). The van der Waals surface area contributed by atoms with Gasteiger partial charge in [0.2, 0.25) is 10.0 Å². The van der Waals surface area contributed by atoms with Crippen LogP contribution in [0.4, 0.5) is 5.69 Å². The van der Waals surface area contributed by atoms with Gasteiger partial charge in [-0.05, 0) is 36.4 Å². The molecule has 0 radical (unpaired) electrons. The van der Waals surface area contributed by atoms with Crippen LogP contribution in [-0.4, -0.2) is 29.0 Å². The van der Waals surface area contributed by atoms with E-state index in [1.807, 2.05) is 0 Å². The predicted octanol–water partition coefficient (Wildman–Crippen LogP) is 1.19. The van der Waals surface area contributed by atoms with Crippen LogP contribution in [-0.2, 0) is 10.0 Å². The van der Waals surface area contributed by atoms with Crippen LogP contribution >= 0.6 is 0 Å². The van der Waals surface area contributed by atoms with E-state index in [1.165, 1.54) is 59.4 Å². The maximum Gasteiger partial charge on any atom is 0.269 e. The molecule has 1 aromatic heterocycles. The number of carbonyl (C=O) groups is 1. The van der Waals surface area contributed by atoms with Gasteiger partial charge in [0.25, 0.3) is 11.6 Å². The molecule has 0 unspecified atom stereocenters. The minimum Gasteiger partial charge on any atom is -0.365 e. The molecule has 11 heteroatoms. The highest BCUT2D eigenvalue weighted by Crippen LogP contribution is 2.25. The van der Waals surface area contributed by atoms with E-state index < -0.39 is 20.9 Å². The summed E-state index contributed by atoms with van der Waals surface area (Å²) in [6.45, 7) is 0. The molecule has 2 aromatic carbocycles. The summed E-state index contributed by atoms with van der Waals surface area (Å²) in [5.41, 5.74) is 6.60. The maximum absolute atomic E-state index is 11.8. The largest absolute Gasteiger partial charge is 0.365 e. The van der Waals surface area contributed by atoms with Crippen molar-refractivity contribution in [1.29, 1.82) is 0 Å². The Labute approximate surface area is 153 Å². The smallest absolute Gasteiger partial charge is 0.269 e. The zero-order chi connectivity index (χ0) is 19.8. The normalized spacial score (nSPS) is 11.3. The van der Waals surface area contributed by atoms with Crippen molar-refractivity contribution in [1.82, 2.24) is 9.78 Å². The van der Waals surface area contributed by atoms with Gasteiger partial charge in [0.15, 0.2) is 0 Å². The molecule has 3 rings (SSSR count). The third kappa shape index (κ3) is 3.68. The van der Waals surface area contributed by atoms with E-state index in [1.54, 1.807) is 0 Å². The number of non-ortho nitro benzene ring substituents is 1. The van der Waals surface area contributed by atoms with Crippen molar-refractivity contribution >= 4 is 21.6 Å². The second kappa shape index (κ2) is 6.63. The maximum atomic E-state index is 11.8. The van der Waals surface area contributed by atoms with Crippen LogP contribution in [0.2, 0.25) is 0 Å². The van der Waals surface area contributed by atoms with Gasteiger partial charge in [-0.2, -0.15) is 5.10 Å². The third-order valence-corrected chi connectivity index (χ3v) is 4.69. The molecule has 0 aliphatic carbocycles. The Morgan fingerprint density at radius 1 is 1.07 bits per heavy atom. The fourth-order valence-corrected chi connectivity index (χ4v) is 2.94. The number of hydrogen-bond donors (Lipinski definition) is 2. The number of carbonyl (C=O) groups excluding carboxylic acids is 1. The molecule has 1 heterocycles. The Kier molecular flexibility index (Phi) is 4.47. The lowest BCUT2D eigenvalue weighted by Gasteiger charge is -2.03. The summed E-state index contributed by atoms with van der Waals surface area (Å²) in [5.74, 6) is -0.726. The lowest BCUT2D eigenvalue weighted by Crippen LogP contribution is -2.12. The Balaban J connectivity index is 2.05. The first-order valence-corrected chi connectivity index (χ1v) is 8.99. The first kappa shape index (κ1) is 18.2. The van der Waals surface area contributed by atoms with Crippen molar-refractivity contribution in [3.8, 4) is 16.9 Å². The third-order valence-electron chi connectivity index (χ3n) is 3.76. The molecule has 0 spiro atoms. The number of primary amides is 1. The van der Waals surface area contributed by atoms with Crippen molar-refractivity contribution in [3.63, 3.8) is 0 Å². The number of hydrogen-bond acceptors (Lipinski definition) is 6. The molecule has 0 aliphatic rings. The summed E-state index contributed by atoms with van der Waals surface area (Å²) in [5, 5.41) is 20.1. The van der Waals surface area contributed by atoms with E-state index in [0.717, 1.165) is 0 Å². The number of amides is 1. The van der Waals surface area contributed by atoms with Crippen LogP contribution in [0, 0.1) is 10.1 Å². The first-order valence-electron chi connectivity index (χ1n) is 7.44. The second-order valence-electron chi connectivity index (χ2n) is 5.54. The van der Waals surface area contributed by atoms with Crippen molar-refractivity contribution in [2.24, 2.45) is 10.9 Å². The summed E-state index contributed by atoms with van der Waals surface area (Å²) < 4.78 is 24.0. The fraction of sp³-hybridized carbons (Fsp3) is 0. The minimum atomic E-state index is -3.83. The lowest BCUT2D eigenvalue weighted by molar-refractivity contribution is -0.384. The lowest BCUT2D eigenvalue weighted by atomic mass is 10.1. The predicted molar refractivity (Wildman–Crippen MR) is 95.5 cm³/mol. The van der Waals surface area contributed by atoms with Gasteiger partial charge in [-0.25, -0.2) is 18.2 Å². The van der Waals surface area contributed by atoms with Crippen molar-refractivity contribution in [3.05, 3.63) is 70.4 Å². The molecule has 0 bridgehead atoms. The van der Waals surface area contributed by atoms with Gasteiger partial charge in [-0.1, -0.05) is 0 Å². The number of rotatable bonds is 5. The average Bonchev–Trinajstić information content (AvgIpc) is 3.07. The Bertz CT molecular complexity index is 1130. The zero-order valence-electron chi connectivity index (χ0n) is 13.6. The molecular weight excluding hydrogens is 374 g/mol. The van der Waals surface area contributed by atoms with Gasteiger partial charge < -0.3 is 5.73 Å². The first-order chi connectivity index (χ1) is 12.7. The van der Waals surface area contributed by atoms with Gasteiger partial charge in [0.05, 0.1) is 21.1 Å². The summed E-state index contributed by atoms with van der Waals surface area (Å²) in [6, 6.07) is 11.1. The molecule has 27 heavy (non-hydrogen) atoms. The quantitative estimate of drug-likeness (QED) is 0.493. The van der Waals surface area contributed by atoms with Gasteiger partial charge in [0, 0.05) is 23.9 Å². The van der Waals surface area contributed by atoms with E-state index in [2.05, 4.69) is 5.10 Å². The Morgan fingerprint density at radius 3 is 2.15 bits per heavy atom. The summed E-state index contributed by atoms with van der Waals surface area (Å²) in [6.07, 6.45) is 1.39. The van der Waals surface area contributed by atoms with Crippen LogP contribution in [0.1, 0.15) is 10.4 Å². The van der Waals surface area contributed by atoms with E-state index >= 15 is 0 Å². The molecule has 4 N–H and O–H groups in total. The number of benzene rings is 2. The molecule has 0 aliphatic heterocycles. The molecule has 138 valence electrons. The number of aromatic nitrogens is 2. The van der Waals surface area contributed by atoms with E-state index in [4.69, 9.17) is 10.9 Å². The van der Waals surface area contributed by atoms with E-state index in [0.29, 0.717) is 11.3 Å². The molecule has 1 amide bonds. The molecule has 0 saturated carbocycles. The molecule has 0 saturated heterocycles. The molecular formula is C16H13N5O5S. The highest BCUT2D eigenvalue weighted by atomic mass is 32.2. The van der Waals surface area contributed by atoms with Crippen LogP contribution in [0.3, 0.4) is 0 Å². The van der Waals surface area contributed by atoms with Gasteiger partial charge in [0.1, 0.15) is 5.69 Å². The van der Waals surface area contributed by atoms with Crippen molar-refractivity contribution in [2.45, 2.75) is 4.90 Å². The number of primary sulfonamides is 1. The summed E-state index contributed by atoms with van der Waals surface area (Å²) in [7, 11) is -3.83. The molecule has 0 atom stereocenters. The fourth-order valence-electron chi connectivity index (χ4n) is 2.43. The van der Waals surface area contributed by atoms with Crippen molar-refractivity contribution < 1.29 is 18.1 Å². The zero-order valence-corrected chi connectivity index (χ0v) is 14.5. The van der Waals surface area contributed by atoms with Crippen molar-refractivity contribution in [2.75, 3.05) is 0 Å².